The van der Waals surface area contributed by atoms with Crippen LogP contribution in [0.3, 0.4) is 0 Å². The summed E-state index contributed by atoms with van der Waals surface area (Å²) in [6.45, 7) is 0. The molecule has 1 aromatic heterocycles. The zero-order valence-electron chi connectivity index (χ0n) is 18.4. The van der Waals surface area contributed by atoms with Crippen LogP contribution >= 0.6 is 0 Å². The van der Waals surface area contributed by atoms with Gasteiger partial charge in [0.25, 0.3) is 0 Å². The highest BCUT2D eigenvalue weighted by Gasteiger charge is 2.09. The number of hydrogen-bond donors (Lipinski definition) is 1. The van der Waals surface area contributed by atoms with E-state index < -0.39 is 0 Å². The minimum absolute atomic E-state index is 0.529. The molecule has 32 heavy (non-hydrogen) atoms. The normalized spacial score (nSPS) is 11.7. The smallest absolute Gasteiger partial charge is 0.173 e. The summed E-state index contributed by atoms with van der Waals surface area (Å²) in [4.78, 5) is 11.6. The lowest BCUT2D eigenvalue weighted by molar-refractivity contribution is 0.416. The van der Waals surface area contributed by atoms with Gasteiger partial charge in [-0.25, -0.2) is 9.98 Å². The lowest BCUT2D eigenvalue weighted by Crippen LogP contribution is -2.20. The number of fused-ring (bicyclic) bond motifs is 1. The Hall–Kier alpha value is -4.19. The van der Waals surface area contributed by atoms with Crippen molar-refractivity contribution in [1.82, 2.24) is 10.4 Å². The summed E-state index contributed by atoms with van der Waals surface area (Å²) in [5, 5.41) is 5.49. The Morgan fingerprint density at radius 2 is 1.66 bits per heavy atom. The zero-order chi connectivity index (χ0) is 22.3. The van der Waals surface area contributed by atoms with Crippen molar-refractivity contribution < 1.29 is 4.74 Å². The molecule has 0 radical (unpaired) electrons. The first-order chi connectivity index (χ1) is 15.6. The van der Waals surface area contributed by atoms with Crippen molar-refractivity contribution in [3.63, 3.8) is 0 Å². The van der Waals surface area contributed by atoms with Crippen LogP contribution < -0.4 is 15.1 Å². The van der Waals surface area contributed by atoms with Gasteiger partial charge in [-0.1, -0.05) is 48.5 Å². The van der Waals surface area contributed by atoms with Crippen molar-refractivity contribution in [2.24, 2.45) is 10.1 Å². The van der Waals surface area contributed by atoms with Gasteiger partial charge < -0.3 is 9.64 Å². The molecule has 0 aliphatic carbocycles. The van der Waals surface area contributed by atoms with Crippen LogP contribution in [0.15, 0.2) is 95.0 Å². The standard InChI is InChI=1S/C26H25N5O/c1-31(2)21-15-12-19(13-16-21)18-27-30-26(29-23-10-6-7-11-25(23)32-3)24-17-14-20-8-4-5-9-22(20)28-24/h4-18H,1-3H3,(H,29,30)/b27-18-. The molecule has 4 rings (SSSR count). The van der Waals surface area contributed by atoms with Crippen molar-refractivity contribution >= 4 is 34.3 Å². The molecule has 0 atom stereocenters. The van der Waals surface area contributed by atoms with E-state index in [1.807, 2.05) is 86.9 Å². The number of nitrogens with zero attached hydrogens (tertiary/aromatic N) is 4. The van der Waals surface area contributed by atoms with Gasteiger partial charge in [0.15, 0.2) is 5.84 Å². The second-order valence-electron chi connectivity index (χ2n) is 7.38. The van der Waals surface area contributed by atoms with Gasteiger partial charge in [-0.2, -0.15) is 5.10 Å². The van der Waals surface area contributed by atoms with E-state index in [0.29, 0.717) is 23.0 Å². The van der Waals surface area contributed by atoms with Crippen molar-refractivity contribution in [1.29, 1.82) is 0 Å². The van der Waals surface area contributed by atoms with Crippen molar-refractivity contribution in [3.05, 3.63) is 96.2 Å². The highest BCUT2D eigenvalue weighted by molar-refractivity contribution is 6.01. The second-order valence-corrected chi connectivity index (χ2v) is 7.38. The number of ether oxygens (including phenoxy) is 1. The second kappa shape index (κ2) is 9.75. The number of nitrogens with one attached hydrogen (secondary N) is 1. The zero-order valence-corrected chi connectivity index (χ0v) is 18.4. The molecule has 0 aliphatic heterocycles. The first-order valence-electron chi connectivity index (χ1n) is 10.3. The Kier molecular flexibility index (Phi) is 6.41. The molecule has 0 unspecified atom stereocenters. The van der Waals surface area contributed by atoms with E-state index in [4.69, 9.17) is 14.7 Å². The number of aliphatic imine (C=N–C) groups is 1. The van der Waals surface area contributed by atoms with E-state index >= 15 is 0 Å². The van der Waals surface area contributed by atoms with Crippen LogP contribution in [-0.4, -0.2) is 38.2 Å². The number of hydrazone groups is 1. The van der Waals surface area contributed by atoms with E-state index in [1.54, 1.807) is 13.3 Å². The van der Waals surface area contributed by atoms with Gasteiger partial charge in [-0.15, -0.1) is 0 Å². The molecule has 0 aliphatic rings. The third-order valence-electron chi connectivity index (χ3n) is 4.95. The summed E-state index contributed by atoms with van der Waals surface area (Å²) < 4.78 is 5.46. The van der Waals surface area contributed by atoms with Crippen molar-refractivity contribution in [2.45, 2.75) is 0 Å². The first kappa shape index (κ1) is 21.1. The van der Waals surface area contributed by atoms with Crippen LogP contribution in [0.4, 0.5) is 11.4 Å². The van der Waals surface area contributed by atoms with Gasteiger partial charge in [0.1, 0.15) is 17.1 Å². The van der Waals surface area contributed by atoms with Gasteiger partial charge in [-0.3, -0.25) is 5.43 Å². The summed E-state index contributed by atoms with van der Waals surface area (Å²) in [5.74, 6) is 1.21. The Morgan fingerprint density at radius 1 is 0.906 bits per heavy atom. The Balaban J connectivity index is 1.67. The first-order valence-corrected chi connectivity index (χ1v) is 10.3. The molecule has 0 saturated heterocycles. The molecule has 0 bridgehead atoms. The Bertz CT molecular complexity index is 1260. The number of para-hydroxylation sites is 3. The summed E-state index contributed by atoms with van der Waals surface area (Å²) in [7, 11) is 5.66. The number of pyridine rings is 1. The summed E-state index contributed by atoms with van der Waals surface area (Å²) in [5.41, 5.74) is 7.46. The van der Waals surface area contributed by atoms with Gasteiger partial charge in [0.05, 0.1) is 18.8 Å². The molecule has 6 heteroatoms. The highest BCUT2D eigenvalue weighted by Crippen LogP contribution is 2.27. The topological polar surface area (TPSA) is 62.1 Å². The summed E-state index contributed by atoms with van der Waals surface area (Å²) in [6.07, 6.45) is 1.76. The monoisotopic (exact) mass is 423 g/mol. The number of benzene rings is 3. The lowest BCUT2D eigenvalue weighted by atomic mass is 10.2. The van der Waals surface area contributed by atoms with E-state index in [0.717, 1.165) is 22.2 Å². The molecule has 6 nitrogen and oxygen atoms in total. The molecule has 0 fully saturated rings. The van der Waals surface area contributed by atoms with Crippen LogP contribution in [0.5, 0.6) is 5.75 Å². The van der Waals surface area contributed by atoms with E-state index in [9.17, 15) is 0 Å². The van der Waals surface area contributed by atoms with Crippen LogP contribution in [0.25, 0.3) is 10.9 Å². The minimum atomic E-state index is 0.529. The minimum Gasteiger partial charge on any atom is -0.494 e. The average Bonchev–Trinajstić information content (AvgIpc) is 2.83. The molecule has 0 saturated carbocycles. The van der Waals surface area contributed by atoms with Gasteiger partial charge in [0.2, 0.25) is 0 Å². The predicted octanol–water partition coefficient (Wildman–Crippen LogP) is 5.01. The van der Waals surface area contributed by atoms with Gasteiger partial charge in [-0.05, 0) is 42.0 Å². The van der Waals surface area contributed by atoms with Crippen LogP contribution in [0.2, 0.25) is 0 Å². The quantitative estimate of drug-likeness (QED) is 0.269. The largest absolute Gasteiger partial charge is 0.494 e. The van der Waals surface area contributed by atoms with E-state index in [2.05, 4.69) is 27.6 Å². The van der Waals surface area contributed by atoms with Crippen molar-refractivity contribution in [2.75, 3.05) is 26.1 Å². The van der Waals surface area contributed by atoms with Crippen LogP contribution in [0, 0.1) is 0 Å². The maximum atomic E-state index is 5.46. The number of amidine groups is 1. The maximum Gasteiger partial charge on any atom is 0.173 e. The molecule has 1 heterocycles. The average molecular weight is 424 g/mol. The molecule has 4 aromatic rings. The molecular weight excluding hydrogens is 398 g/mol. The maximum absolute atomic E-state index is 5.46. The summed E-state index contributed by atoms with van der Waals surface area (Å²) >= 11 is 0. The Morgan fingerprint density at radius 3 is 2.44 bits per heavy atom. The third-order valence-corrected chi connectivity index (χ3v) is 4.95. The highest BCUT2D eigenvalue weighted by atomic mass is 16.5. The lowest BCUT2D eigenvalue weighted by Gasteiger charge is -2.11. The predicted molar refractivity (Wildman–Crippen MR) is 132 cm³/mol. The number of rotatable bonds is 6. The van der Waals surface area contributed by atoms with Gasteiger partial charge >= 0.3 is 0 Å². The third kappa shape index (κ3) is 4.92. The summed E-state index contributed by atoms with van der Waals surface area (Å²) in [6, 6.07) is 27.7. The number of methoxy groups -OCH3 is 1. The van der Waals surface area contributed by atoms with Crippen molar-refractivity contribution in [3.8, 4) is 5.75 Å². The number of anilines is 1. The fourth-order valence-electron chi connectivity index (χ4n) is 3.21. The number of hydrogen-bond acceptors (Lipinski definition) is 5. The van der Waals surface area contributed by atoms with Crippen LogP contribution in [0.1, 0.15) is 11.3 Å². The molecular formula is C26H25N5O. The number of aromatic nitrogens is 1. The molecule has 0 amide bonds. The molecule has 0 spiro atoms. The fraction of sp³-hybridized carbons (Fsp3) is 0.115. The molecule has 160 valence electrons. The SMILES string of the molecule is COc1ccccc1N=C(N/N=C\c1ccc(N(C)C)cc1)c1ccc2ccccc2n1. The van der Waals surface area contributed by atoms with E-state index in [-0.39, 0.29) is 0 Å². The van der Waals surface area contributed by atoms with E-state index in [1.165, 1.54) is 0 Å². The Labute approximate surface area is 187 Å². The van der Waals surface area contributed by atoms with Crippen LogP contribution in [-0.2, 0) is 0 Å². The molecule has 3 aromatic carbocycles. The molecule has 1 N–H and O–H groups in total. The fourth-order valence-corrected chi connectivity index (χ4v) is 3.21. The van der Waals surface area contributed by atoms with Gasteiger partial charge in [0, 0.05) is 25.2 Å².